The summed E-state index contributed by atoms with van der Waals surface area (Å²) in [5.74, 6) is 0.992. The molecule has 2 aromatic rings. The minimum absolute atomic E-state index is 0.185. The van der Waals surface area contributed by atoms with E-state index in [1.807, 2.05) is 31.2 Å². The standard InChI is InChI=1S/C17H22N4O/c1-12(2)9-10-18-17(22)15-7-8-16(21-20-15)19-14-6-4-5-13(3)11-14/h4-8,11-12H,9-10H2,1-3H3,(H,18,22)(H,19,21). The lowest BCUT2D eigenvalue weighted by molar-refractivity contribution is 0.0946. The summed E-state index contributed by atoms with van der Waals surface area (Å²) < 4.78 is 0. The molecule has 0 aliphatic rings. The number of aromatic nitrogens is 2. The lowest BCUT2D eigenvalue weighted by Crippen LogP contribution is -2.26. The van der Waals surface area contributed by atoms with E-state index in [2.05, 4.69) is 34.7 Å². The van der Waals surface area contributed by atoms with Crippen molar-refractivity contribution in [2.45, 2.75) is 27.2 Å². The Morgan fingerprint density at radius 1 is 1.18 bits per heavy atom. The SMILES string of the molecule is Cc1cccc(Nc2ccc(C(=O)NCCC(C)C)nn2)c1. The van der Waals surface area contributed by atoms with E-state index >= 15 is 0 Å². The fraction of sp³-hybridized carbons (Fsp3) is 0.353. The number of benzene rings is 1. The molecule has 1 aromatic carbocycles. The molecule has 0 bridgehead atoms. The highest BCUT2D eigenvalue weighted by Crippen LogP contribution is 2.15. The fourth-order valence-corrected chi connectivity index (χ4v) is 1.96. The highest BCUT2D eigenvalue weighted by atomic mass is 16.1. The largest absolute Gasteiger partial charge is 0.351 e. The summed E-state index contributed by atoms with van der Waals surface area (Å²) in [5.41, 5.74) is 2.45. The third-order valence-corrected chi connectivity index (χ3v) is 3.19. The van der Waals surface area contributed by atoms with E-state index in [4.69, 9.17) is 0 Å². The Kier molecular flexibility index (Phi) is 5.47. The summed E-state index contributed by atoms with van der Waals surface area (Å²) in [6, 6.07) is 11.4. The van der Waals surface area contributed by atoms with Crippen molar-refractivity contribution >= 4 is 17.4 Å². The van der Waals surface area contributed by atoms with E-state index in [-0.39, 0.29) is 5.91 Å². The van der Waals surface area contributed by atoms with Gasteiger partial charge in [0.05, 0.1) is 0 Å². The van der Waals surface area contributed by atoms with Crippen LogP contribution >= 0.6 is 0 Å². The molecule has 22 heavy (non-hydrogen) atoms. The van der Waals surface area contributed by atoms with Crippen molar-refractivity contribution in [1.82, 2.24) is 15.5 Å². The Hall–Kier alpha value is -2.43. The minimum atomic E-state index is -0.185. The third kappa shape index (κ3) is 4.84. The first-order valence-corrected chi connectivity index (χ1v) is 7.50. The van der Waals surface area contributed by atoms with E-state index in [1.165, 1.54) is 5.56 Å². The Morgan fingerprint density at radius 3 is 2.64 bits per heavy atom. The number of nitrogens with one attached hydrogen (secondary N) is 2. The second-order valence-electron chi connectivity index (χ2n) is 5.74. The van der Waals surface area contributed by atoms with Crippen LogP contribution in [0, 0.1) is 12.8 Å². The summed E-state index contributed by atoms with van der Waals surface area (Å²) in [7, 11) is 0. The number of aryl methyl sites for hydroxylation is 1. The zero-order valence-electron chi connectivity index (χ0n) is 13.3. The normalized spacial score (nSPS) is 10.5. The second kappa shape index (κ2) is 7.54. The van der Waals surface area contributed by atoms with Gasteiger partial charge in [-0.25, -0.2) is 0 Å². The molecule has 5 heteroatoms. The molecule has 5 nitrogen and oxygen atoms in total. The maximum atomic E-state index is 11.9. The number of hydrogen-bond donors (Lipinski definition) is 2. The van der Waals surface area contributed by atoms with Gasteiger partial charge in [0, 0.05) is 12.2 Å². The van der Waals surface area contributed by atoms with Crippen LogP contribution in [0.5, 0.6) is 0 Å². The molecule has 0 radical (unpaired) electrons. The molecule has 0 spiro atoms. The van der Waals surface area contributed by atoms with Crippen LogP contribution in [0.3, 0.4) is 0 Å². The maximum Gasteiger partial charge on any atom is 0.271 e. The van der Waals surface area contributed by atoms with Crippen LogP contribution in [0.1, 0.15) is 36.3 Å². The van der Waals surface area contributed by atoms with Crippen LogP contribution in [0.15, 0.2) is 36.4 Å². The van der Waals surface area contributed by atoms with Gasteiger partial charge in [0.15, 0.2) is 11.5 Å². The number of nitrogens with zero attached hydrogens (tertiary/aromatic N) is 2. The second-order valence-corrected chi connectivity index (χ2v) is 5.74. The number of amides is 1. The summed E-state index contributed by atoms with van der Waals surface area (Å²) in [6.07, 6.45) is 0.951. The predicted molar refractivity (Wildman–Crippen MR) is 88.3 cm³/mol. The van der Waals surface area contributed by atoms with Crippen molar-refractivity contribution in [2.75, 3.05) is 11.9 Å². The van der Waals surface area contributed by atoms with Gasteiger partial charge in [0.1, 0.15) is 0 Å². The molecule has 1 heterocycles. The molecule has 1 aromatic heterocycles. The molecule has 0 aliphatic heterocycles. The molecule has 0 atom stereocenters. The molecule has 2 rings (SSSR count). The molecular weight excluding hydrogens is 276 g/mol. The summed E-state index contributed by atoms with van der Waals surface area (Å²) >= 11 is 0. The van der Waals surface area contributed by atoms with E-state index < -0.39 is 0 Å². The first-order valence-electron chi connectivity index (χ1n) is 7.50. The van der Waals surface area contributed by atoms with Crippen LogP contribution in [0.2, 0.25) is 0 Å². The van der Waals surface area contributed by atoms with Gasteiger partial charge in [-0.1, -0.05) is 26.0 Å². The van der Waals surface area contributed by atoms with Crippen molar-refractivity contribution in [3.63, 3.8) is 0 Å². The first-order chi connectivity index (χ1) is 10.5. The zero-order valence-corrected chi connectivity index (χ0v) is 13.3. The van der Waals surface area contributed by atoms with Crippen molar-refractivity contribution < 1.29 is 4.79 Å². The quantitative estimate of drug-likeness (QED) is 0.858. The average Bonchev–Trinajstić information content (AvgIpc) is 2.47. The monoisotopic (exact) mass is 298 g/mol. The smallest absolute Gasteiger partial charge is 0.271 e. The van der Waals surface area contributed by atoms with Crippen LogP contribution in [0.4, 0.5) is 11.5 Å². The van der Waals surface area contributed by atoms with Crippen molar-refractivity contribution in [2.24, 2.45) is 5.92 Å². The Labute approximate surface area is 131 Å². The summed E-state index contributed by atoms with van der Waals surface area (Å²) in [5, 5.41) is 14.0. The molecule has 116 valence electrons. The molecular formula is C17H22N4O. The summed E-state index contributed by atoms with van der Waals surface area (Å²) in [4.78, 5) is 11.9. The molecule has 1 amide bonds. The molecule has 2 N–H and O–H groups in total. The minimum Gasteiger partial charge on any atom is -0.351 e. The lowest BCUT2D eigenvalue weighted by atomic mass is 10.1. The van der Waals surface area contributed by atoms with Crippen LogP contribution in [0.25, 0.3) is 0 Å². The van der Waals surface area contributed by atoms with Gasteiger partial charge >= 0.3 is 0 Å². The van der Waals surface area contributed by atoms with Gasteiger partial charge in [-0.2, -0.15) is 0 Å². The number of carbonyl (C=O) groups is 1. The number of anilines is 2. The van der Waals surface area contributed by atoms with E-state index in [9.17, 15) is 4.79 Å². The van der Waals surface area contributed by atoms with Gasteiger partial charge < -0.3 is 10.6 Å². The average molecular weight is 298 g/mol. The number of carbonyl (C=O) groups excluding carboxylic acids is 1. The van der Waals surface area contributed by atoms with Gasteiger partial charge in [-0.3, -0.25) is 4.79 Å². The molecule has 0 saturated heterocycles. The van der Waals surface area contributed by atoms with Gasteiger partial charge in [0.25, 0.3) is 5.91 Å². The Morgan fingerprint density at radius 2 is 2.00 bits per heavy atom. The van der Waals surface area contributed by atoms with Crippen molar-refractivity contribution in [3.8, 4) is 0 Å². The van der Waals surface area contributed by atoms with Gasteiger partial charge in [-0.05, 0) is 49.1 Å². The van der Waals surface area contributed by atoms with E-state index in [1.54, 1.807) is 12.1 Å². The number of rotatable bonds is 6. The topological polar surface area (TPSA) is 66.9 Å². The number of hydrogen-bond acceptors (Lipinski definition) is 4. The highest BCUT2D eigenvalue weighted by molar-refractivity contribution is 5.92. The first kappa shape index (κ1) is 15.9. The fourth-order valence-electron chi connectivity index (χ4n) is 1.96. The highest BCUT2D eigenvalue weighted by Gasteiger charge is 2.08. The molecule has 0 aliphatic carbocycles. The predicted octanol–water partition coefficient (Wildman–Crippen LogP) is 3.30. The maximum absolute atomic E-state index is 11.9. The van der Waals surface area contributed by atoms with Gasteiger partial charge in [0.2, 0.25) is 0 Å². The van der Waals surface area contributed by atoms with Gasteiger partial charge in [-0.15, -0.1) is 10.2 Å². The van der Waals surface area contributed by atoms with Crippen LogP contribution < -0.4 is 10.6 Å². The van der Waals surface area contributed by atoms with E-state index in [0.29, 0.717) is 24.0 Å². The zero-order chi connectivity index (χ0) is 15.9. The van der Waals surface area contributed by atoms with Crippen LogP contribution in [-0.4, -0.2) is 22.6 Å². The van der Waals surface area contributed by atoms with Crippen molar-refractivity contribution in [1.29, 1.82) is 0 Å². The summed E-state index contributed by atoms with van der Waals surface area (Å²) in [6.45, 7) is 6.93. The van der Waals surface area contributed by atoms with Crippen molar-refractivity contribution in [3.05, 3.63) is 47.7 Å². The third-order valence-electron chi connectivity index (χ3n) is 3.19. The molecule has 0 unspecified atom stereocenters. The lowest BCUT2D eigenvalue weighted by Gasteiger charge is -2.08. The van der Waals surface area contributed by atoms with E-state index in [0.717, 1.165) is 12.1 Å². The Balaban J connectivity index is 1.93. The molecule has 0 fully saturated rings. The van der Waals surface area contributed by atoms with Crippen LogP contribution in [-0.2, 0) is 0 Å². The Bertz CT molecular complexity index is 623. The molecule has 0 saturated carbocycles.